The summed E-state index contributed by atoms with van der Waals surface area (Å²) in [6.07, 6.45) is -2.77. The molecule has 0 saturated carbocycles. The van der Waals surface area contributed by atoms with Gasteiger partial charge in [0.2, 0.25) is 10.0 Å². The number of nitrogens with zero attached hydrogens (tertiary/aromatic N) is 4. The maximum atomic E-state index is 13.1. The van der Waals surface area contributed by atoms with Crippen LogP contribution in [0.5, 0.6) is 0 Å². The smallest absolute Gasteiger partial charge is 0.294 e. The van der Waals surface area contributed by atoms with Crippen LogP contribution >= 0.6 is 11.3 Å². The molecule has 4 rings (SSSR count). The first kappa shape index (κ1) is 23.1. The van der Waals surface area contributed by atoms with Gasteiger partial charge in [-0.25, -0.2) is 23.3 Å². The SMILES string of the molecule is Cc1nc(N2CCCN(c3ccc(-c4cc(C(F)(F)F)ccn4)cc3)C2=O)sc1S(N)(=O)=O. The van der Waals surface area contributed by atoms with E-state index in [2.05, 4.69) is 9.97 Å². The molecule has 33 heavy (non-hydrogen) atoms. The van der Waals surface area contributed by atoms with Gasteiger partial charge in [-0.15, -0.1) is 0 Å². The maximum absolute atomic E-state index is 13.1. The number of aromatic nitrogens is 2. The second kappa shape index (κ2) is 8.39. The maximum Gasteiger partial charge on any atom is 0.416 e. The molecule has 0 radical (unpaired) electrons. The zero-order valence-corrected chi connectivity index (χ0v) is 18.8. The van der Waals surface area contributed by atoms with E-state index in [0.717, 1.165) is 29.7 Å². The Morgan fingerprint density at radius 1 is 1.09 bits per heavy atom. The number of rotatable bonds is 4. The Bertz CT molecular complexity index is 1310. The first-order valence-corrected chi connectivity index (χ1v) is 12.0. The molecule has 1 saturated heterocycles. The van der Waals surface area contributed by atoms with E-state index in [9.17, 15) is 26.4 Å². The summed E-state index contributed by atoms with van der Waals surface area (Å²) < 4.78 is 62.3. The fourth-order valence-corrected chi connectivity index (χ4v) is 5.43. The fourth-order valence-electron chi connectivity index (χ4n) is 3.47. The molecule has 3 aromatic rings. The summed E-state index contributed by atoms with van der Waals surface area (Å²) in [7, 11) is -3.95. The number of aryl methyl sites for hydroxylation is 1. The van der Waals surface area contributed by atoms with Gasteiger partial charge in [-0.1, -0.05) is 23.5 Å². The number of alkyl halides is 3. The third kappa shape index (κ3) is 4.70. The number of anilines is 2. The molecule has 8 nitrogen and oxygen atoms in total. The van der Waals surface area contributed by atoms with Crippen molar-refractivity contribution in [2.24, 2.45) is 5.14 Å². The van der Waals surface area contributed by atoms with E-state index in [0.29, 0.717) is 30.8 Å². The number of urea groups is 1. The van der Waals surface area contributed by atoms with Crippen LogP contribution in [0.25, 0.3) is 11.3 Å². The van der Waals surface area contributed by atoms with Gasteiger partial charge in [0, 0.05) is 30.5 Å². The average Bonchev–Trinajstić information content (AvgIpc) is 3.15. The summed E-state index contributed by atoms with van der Waals surface area (Å²) in [6.45, 7) is 2.29. The third-order valence-corrected chi connectivity index (χ3v) is 7.75. The van der Waals surface area contributed by atoms with Gasteiger partial charge in [0.05, 0.1) is 17.0 Å². The fraction of sp³-hybridized carbons (Fsp3) is 0.250. The zero-order chi connectivity index (χ0) is 24.0. The second-order valence-electron chi connectivity index (χ2n) is 7.33. The highest BCUT2D eigenvalue weighted by atomic mass is 32.2. The van der Waals surface area contributed by atoms with Crippen LogP contribution in [-0.2, 0) is 16.2 Å². The Balaban J connectivity index is 1.58. The molecule has 0 bridgehead atoms. The molecular weight excluding hydrogens is 479 g/mol. The average molecular weight is 498 g/mol. The van der Waals surface area contributed by atoms with Gasteiger partial charge in [-0.05, 0) is 37.6 Å². The molecule has 2 aromatic heterocycles. The van der Waals surface area contributed by atoms with E-state index in [4.69, 9.17) is 5.14 Å². The van der Waals surface area contributed by atoms with E-state index in [1.807, 2.05) is 0 Å². The molecule has 1 aromatic carbocycles. The zero-order valence-electron chi connectivity index (χ0n) is 17.2. The summed E-state index contributed by atoms with van der Waals surface area (Å²) in [5.74, 6) is 0. The summed E-state index contributed by atoms with van der Waals surface area (Å²) >= 11 is 0.831. The summed E-state index contributed by atoms with van der Waals surface area (Å²) in [4.78, 5) is 24.2. The molecule has 2 amide bonds. The van der Waals surface area contributed by atoms with Gasteiger partial charge >= 0.3 is 12.2 Å². The first-order valence-electron chi connectivity index (χ1n) is 9.68. The number of hydrogen-bond donors (Lipinski definition) is 1. The second-order valence-corrected chi connectivity index (χ2v) is 10.1. The molecule has 0 aliphatic carbocycles. The molecule has 1 aliphatic heterocycles. The number of sulfonamides is 1. The van der Waals surface area contributed by atoms with E-state index in [1.165, 1.54) is 16.7 Å². The Hall–Kier alpha value is -3.03. The van der Waals surface area contributed by atoms with E-state index in [-0.39, 0.29) is 26.8 Å². The number of carbonyl (C=O) groups is 1. The van der Waals surface area contributed by atoms with E-state index < -0.39 is 21.8 Å². The largest absolute Gasteiger partial charge is 0.416 e. The molecule has 174 valence electrons. The number of amides is 2. The van der Waals surface area contributed by atoms with Crippen LogP contribution in [-0.4, -0.2) is 37.5 Å². The van der Waals surface area contributed by atoms with Gasteiger partial charge < -0.3 is 0 Å². The minimum atomic E-state index is -4.47. The lowest BCUT2D eigenvalue weighted by Crippen LogP contribution is -2.49. The lowest BCUT2D eigenvalue weighted by atomic mass is 10.1. The number of benzene rings is 1. The van der Waals surface area contributed by atoms with Crippen LogP contribution in [0.1, 0.15) is 17.7 Å². The monoisotopic (exact) mass is 497 g/mol. The van der Waals surface area contributed by atoms with Crippen molar-refractivity contribution in [2.75, 3.05) is 22.9 Å². The number of hydrogen-bond acceptors (Lipinski definition) is 6. The van der Waals surface area contributed by atoms with Crippen LogP contribution in [0.4, 0.5) is 28.8 Å². The molecule has 0 unspecified atom stereocenters. The Kier molecular flexibility index (Phi) is 5.88. The van der Waals surface area contributed by atoms with Crippen LogP contribution in [0, 0.1) is 6.92 Å². The quantitative estimate of drug-likeness (QED) is 0.586. The summed E-state index contributed by atoms with van der Waals surface area (Å²) in [6, 6.07) is 7.93. The van der Waals surface area contributed by atoms with Crippen LogP contribution in [0.15, 0.2) is 46.8 Å². The van der Waals surface area contributed by atoms with Crippen molar-refractivity contribution in [3.8, 4) is 11.3 Å². The van der Waals surface area contributed by atoms with Crippen molar-refractivity contribution in [3.63, 3.8) is 0 Å². The normalized spacial score (nSPS) is 15.2. The molecule has 1 aliphatic rings. The lowest BCUT2D eigenvalue weighted by molar-refractivity contribution is -0.137. The van der Waals surface area contributed by atoms with Gasteiger partial charge in [0.15, 0.2) is 9.34 Å². The topological polar surface area (TPSA) is 109 Å². The minimum Gasteiger partial charge on any atom is -0.294 e. The van der Waals surface area contributed by atoms with Crippen molar-refractivity contribution in [1.82, 2.24) is 9.97 Å². The van der Waals surface area contributed by atoms with Crippen molar-refractivity contribution in [3.05, 3.63) is 53.9 Å². The van der Waals surface area contributed by atoms with Crippen LogP contribution in [0.2, 0.25) is 0 Å². The highest BCUT2D eigenvalue weighted by Crippen LogP contribution is 2.34. The predicted molar refractivity (Wildman–Crippen MR) is 118 cm³/mol. The predicted octanol–water partition coefficient (Wildman–Crippen LogP) is 4.02. The number of halogens is 3. The molecule has 0 spiro atoms. The van der Waals surface area contributed by atoms with E-state index >= 15 is 0 Å². The molecule has 2 N–H and O–H groups in total. The highest BCUT2D eigenvalue weighted by molar-refractivity contribution is 7.91. The molecular formula is C20H18F3N5O3S2. The van der Waals surface area contributed by atoms with Crippen molar-refractivity contribution < 1.29 is 26.4 Å². The number of thiazole rings is 1. The van der Waals surface area contributed by atoms with Gasteiger partial charge in [-0.3, -0.25) is 14.8 Å². The molecule has 13 heteroatoms. The number of nitrogens with two attached hydrogens (primary N) is 1. The number of pyridine rings is 1. The van der Waals surface area contributed by atoms with Crippen molar-refractivity contribution >= 4 is 38.2 Å². The van der Waals surface area contributed by atoms with Gasteiger partial charge in [0.1, 0.15) is 0 Å². The first-order chi connectivity index (χ1) is 15.4. The highest BCUT2D eigenvalue weighted by Gasteiger charge is 2.32. The van der Waals surface area contributed by atoms with E-state index in [1.54, 1.807) is 24.3 Å². The Morgan fingerprint density at radius 2 is 1.76 bits per heavy atom. The van der Waals surface area contributed by atoms with Gasteiger partial charge in [0.25, 0.3) is 0 Å². The minimum absolute atomic E-state index is 0.0969. The van der Waals surface area contributed by atoms with Crippen molar-refractivity contribution in [1.29, 1.82) is 0 Å². The standard InChI is InChI=1S/C20H18F3N5O3S2/c1-12-17(33(24,30)31)32-18(26-12)28-10-2-9-27(19(28)29)15-5-3-13(4-6-15)16-11-14(7-8-25-16)20(21,22)23/h3-8,11H,2,9-10H2,1H3,(H2,24,30,31). The van der Waals surface area contributed by atoms with Gasteiger partial charge in [-0.2, -0.15) is 13.2 Å². The summed E-state index contributed by atoms with van der Waals surface area (Å²) in [5.41, 5.74) is 0.605. The summed E-state index contributed by atoms with van der Waals surface area (Å²) in [5, 5.41) is 5.44. The van der Waals surface area contributed by atoms with Crippen LogP contribution < -0.4 is 14.9 Å². The Labute approximate surface area is 191 Å². The molecule has 1 fully saturated rings. The van der Waals surface area contributed by atoms with Crippen molar-refractivity contribution in [2.45, 2.75) is 23.7 Å². The third-order valence-electron chi connectivity index (χ3n) is 5.02. The number of primary sulfonamides is 1. The molecule has 3 heterocycles. The number of carbonyl (C=O) groups excluding carboxylic acids is 1. The van der Waals surface area contributed by atoms with Crippen LogP contribution in [0.3, 0.4) is 0 Å². The Morgan fingerprint density at radius 3 is 2.36 bits per heavy atom. The lowest BCUT2D eigenvalue weighted by Gasteiger charge is -2.34. The molecule has 0 atom stereocenters.